The maximum atomic E-state index is 12.3. The van der Waals surface area contributed by atoms with Crippen LogP contribution in [-0.4, -0.2) is 5.11 Å². The summed E-state index contributed by atoms with van der Waals surface area (Å²) >= 11 is 7.27. The fourth-order valence-corrected chi connectivity index (χ4v) is 5.43. The summed E-state index contributed by atoms with van der Waals surface area (Å²) < 4.78 is 2.10. The van der Waals surface area contributed by atoms with Gasteiger partial charge in [-0.1, -0.05) is 105 Å². The number of rotatable bonds is 4. The second-order valence-electron chi connectivity index (χ2n) is 7.69. The molecule has 1 nitrogen and oxygen atoms in total. The Balaban J connectivity index is 1.64. The number of benzene rings is 4. The number of hydrogen-bond donors (Lipinski definition) is 1. The fourth-order valence-electron chi connectivity index (χ4n) is 4.58. The number of fused-ring (bicyclic) bond motifs is 3. The molecule has 1 atom stereocenters. The highest BCUT2D eigenvalue weighted by Crippen LogP contribution is 2.52. The highest BCUT2D eigenvalue weighted by molar-refractivity contribution is 9.10. The second-order valence-corrected chi connectivity index (χ2v) is 9.46. The predicted octanol–water partition coefficient (Wildman–Crippen LogP) is 7.26. The number of aliphatic hydroxyl groups is 1. The van der Waals surface area contributed by atoms with Crippen LogP contribution >= 0.6 is 31.9 Å². The van der Waals surface area contributed by atoms with E-state index in [0.29, 0.717) is 0 Å². The van der Waals surface area contributed by atoms with Crippen molar-refractivity contribution in [2.75, 3.05) is 0 Å². The molecule has 0 amide bonds. The van der Waals surface area contributed by atoms with E-state index >= 15 is 0 Å². The van der Waals surface area contributed by atoms with Crippen molar-refractivity contribution >= 4 is 31.9 Å². The molecule has 148 valence electrons. The molecule has 1 aliphatic carbocycles. The topological polar surface area (TPSA) is 20.2 Å². The van der Waals surface area contributed by atoms with Crippen LogP contribution in [0.25, 0.3) is 11.1 Å². The minimum atomic E-state index is -1.17. The second kappa shape index (κ2) is 7.81. The average Bonchev–Trinajstić information content (AvgIpc) is 3.02. The first-order valence-electron chi connectivity index (χ1n) is 10.0. The van der Waals surface area contributed by atoms with Crippen LogP contribution in [0.3, 0.4) is 0 Å². The van der Waals surface area contributed by atoms with E-state index in [1.165, 1.54) is 11.1 Å². The van der Waals surface area contributed by atoms with Crippen LogP contribution in [0.1, 0.15) is 27.8 Å². The van der Waals surface area contributed by atoms with Gasteiger partial charge in [0.1, 0.15) is 5.60 Å². The van der Waals surface area contributed by atoms with Gasteiger partial charge in [-0.3, -0.25) is 0 Å². The molecule has 30 heavy (non-hydrogen) atoms. The Morgan fingerprint density at radius 1 is 0.600 bits per heavy atom. The highest BCUT2D eigenvalue weighted by Gasteiger charge is 2.44. The summed E-state index contributed by atoms with van der Waals surface area (Å²) in [6.07, 6.45) is 1.76. The van der Waals surface area contributed by atoms with E-state index < -0.39 is 5.60 Å². The molecule has 0 heterocycles. The van der Waals surface area contributed by atoms with E-state index in [-0.39, 0.29) is 0 Å². The van der Waals surface area contributed by atoms with E-state index in [9.17, 15) is 5.11 Å². The maximum Gasteiger partial charge on any atom is 0.142 e. The van der Waals surface area contributed by atoms with Crippen LogP contribution < -0.4 is 0 Å². The van der Waals surface area contributed by atoms with Crippen molar-refractivity contribution in [2.24, 2.45) is 0 Å². The van der Waals surface area contributed by atoms with Crippen molar-refractivity contribution in [1.82, 2.24) is 0 Å². The van der Waals surface area contributed by atoms with E-state index in [0.717, 1.165) is 49.6 Å². The lowest BCUT2D eigenvalue weighted by Gasteiger charge is -2.29. The van der Waals surface area contributed by atoms with Gasteiger partial charge in [0.2, 0.25) is 0 Å². The van der Waals surface area contributed by atoms with Crippen molar-refractivity contribution in [2.45, 2.75) is 18.4 Å². The van der Waals surface area contributed by atoms with Gasteiger partial charge in [0, 0.05) is 20.1 Å². The van der Waals surface area contributed by atoms with Crippen LogP contribution in [-0.2, 0) is 18.4 Å². The molecule has 0 saturated carbocycles. The van der Waals surface area contributed by atoms with E-state index in [4.69, 9.17) is 0 Å². The smallest absolute Gasteiger partial charge is 0.142 e. The molecule has 0 spiro atoms. The Bertz CT molecular complexity index is 1250. The zero-order valence-corrected chi connectivity index (χ0v) is 19.4. The molecular formula is C27H20Br2O. The highest BCUT2D eigenvalue weighted by atomic mass is 79.9. The molecule has 0 fully saturated rings. The van der Waals surface area contributed by atoms with E-state index in [2.05, 4.69) is 86.5 Å². The predicted molar refractivity (Wildman–Crippen MR) is 130 cm³/mol. The lowest BCUT2D eigenvalue weighted by atomic mass is 9.80. The molecule has 5 rings (SSSR count). The Morgan fingerprint density at radius 2 is 1.20 bits per heavy atom. The molecule has 0 aromatic heterocycles. The van der Waals surface area contributed by atoms with Gasteiger partial charge in [-0.15, -0.1) is 0 Å². The third-order valence-electron chi connectivity index (χ3n) is 6.01. The van der Waals surface area contributed by atoms with Gasteiger partial charge in [-0.25, -0.2) is 0 Å². The molecule has 1 unspecified atom stereocenters. The molecule has 0 radical (unpaired) electrons. The largest absolute Gasteiger partial charge is 0.376 e. The van der Waals surface area contributed by atoms with Crippen LogP contribution in [0, 0.1) is 0 Å². The minimum Gasteiger partial charge on any atom is -0.376 e. The summed E-state index contributed by atoms with van der Waals surface area (Å²) in [7, 11) is 0. The van der Waals surface area contributed by atoms with Gasteiger partial charge in [-0.2, -0.15) is 0 Å². The minimum absolute atomic E-state index is 0.854. The first-order chi connectivity index (χ1) is 14.6. The van der Waals surface area contributed by atoms with Gasteiger partial charge in [0.15, 0.2) is 0 Å². The number of aryl methyl sites for hydroxylation is 2. The van der Waals surface area contributed by atoms with Gasteiger partial charge in [0.25, 0.3) is 0 Å². The Labute approximate surface area is 193 Å². The van der Waals surface area contributed by atoms with Crippen molar-refractivity contribution in [3.63, 3.8) is 0 Å². The number of hydrogen-bond acceptors (Lipinski definition) is 1. The summed E-state index contributed by atoms with van der Waals surface area (Å²) in [5.74, 6) is 0. The van der Waals surface area contributed by atoms with Gasteiger partial charge in [0.05, 0.1) is 0 Å². The summed E-state index contributed by atoms with van der Waals surface area (Å²) in [5.41, 5.74) is 6.31. The monoisotopic (exact) mass is 518 g/mol. The summed E-state index contributed by atoms with van der Waals surface area (Å²) in [6.45, 7) is 0. The van der Waals surface area contributed by atoms with Gasteiger partial charge >= 0.3 is 0 Å². The van der Waals surface area contributed by atoms with E-state index in [1.54, 1.807) is 0 Å². The van der Waals surface area contributed by atoms with Crippen molar-refractivity contribution < 1.29 is 5.11 Å². The van der Waals surface area contributed by atoms with Crippen molar-refractivity contribution in [1.29, 1.82) is 0 Å². The number of halogens is 2. The first-order valence-corrected chi connectivity index (χ1v) is 11.6. The fraction of sp³-hybridized carbons (Fsp3) is 0.111. The lowest BCUT2D eigenvalue weighted by molar-refractivity contribution is 0.129. The molecular weight excluding hydrogens is 500 g/mol. The summed E-state index contributed by atoms with van der Waals surface area (Å²) in [5, 5.41) is 12.3. The Hall–Kier alpha value is -2.20. The molecule has 1 aliphatic rings. The van der Waals surface area contributed by atoms with Crippen molar-refractivity contribution in [3.05, 3.63) is 128 Å². The first kappa shape index (κ1) is 19.7. The third kappa shape index (κ3) is 3.17. The van der Waals surface area contributed by atoms with Gasteiger partial charge < -0.3 is 5.11 Å². The molecule has 0 bridgehead atoms. The zero-order chi connectivity index (χ0) is 20.7. The summed E-state index contributed by atoms with van der Waals surface area (Å²) in [6, 6.07) is 31.0. The average molecular weight is 520 g/mol. The van der Waals surface area contributed by atoms with Gasteiger partial charge in [-0.05, 0) is 58.9 Å². The molecule has 3 heteroatoms. The standard InChI is InChI=1S/C27H20Br2O/c28-20-15-16-22-21-9-3-5-11-24(21)27(30,25(22)17-20)23-10-4-1-7-18(23)13-14-19-8-2-6-12-26(19)29/h1-12,15-17,30H,13-14H2. The maximum absolute atomic E-state index is 12.3. The Morgan fingerprint density at radius 3 is 2.00 bits per heavy atom. The van der Waals surface area contributed by atoms with E-state index in [1.807, 2.05) is 36.4 Å². The molecule has 4 aromatic rings. The molecule has 0 aliphatic heterocycles. The molecule has 4 aromatic carbocycles. The quantitative estimate of drug-likeness (QED) is 0.300. The molecule has 1 N–H and O–H groups in total. The Kier molecular flexibility index (Phi) is 5.14. The van der Waals surface area contributed by atoms with Crippen LogP contribution in [0.4, 0.5) is 0 Å². The normalized spacial score (nSPS) is 16.9. The third-order valence-corrected chi connectivity index (χ3v) is 7.27. The van der Waals surface area contributed by atoms with Crippen LogP contribution in [0.15, 0.2) is 99.9 Å². The van der Waals surface area contributed by atoms with Crippen molar-refractivity contribution in [3.8, 4) is 11.1 Å². The van der Waals surface area contributed by atoms with Crippen LogP contribution in [0.2, 0.25) is 0 Å². The lowest BCUT2D eigenvalue weighted by Crippen LogP contribution is -2.28. The zero-order valence-electron chi connectivity index (χ0n) is 16.3. The SMILES string of the molecule is OC1(c2ccccc2CCc2ccccc2Br)c2ccccc2-c2ccc(Br)cc21. The van der Waals surface area contributed by atoms with Crippen LogP contribution in [0.5, 0.6) is 0 Å². The summed E-state index contributed by atoms with van der Waals surface area (Å²) in [4.78, 5) is 0. The molecule has 0 saturated heterocycles.